The van der Waals surface area contributed by atoms with Gasteiger partial charge in [-0.2, -0.15) is 10.4 Å². The predicted molar refractivity (Wildman–Crippen MR) is 131 cm³/mol. The molecule has 11 heteroatoms. The van der Waals surface area contributed by atoms with Crippen LogP contribution < -0.4 is 10.6 Å². The van der Waals surface area contributed by atoms with E-state index >= 15 is 0 Å². The summed E-state index contributed by atoms with van der Waals surface area (Å²) in [4.78, 5) is 34.8. The smallest absolute Gasteiger partial charge is 0.407 e. The van der Waals surface area contributed by atoms with Crippen molar-refractivity contribution in [2.45, 2.75) is 63.1 Å². The molecule has 3 aromatic heterocycles. The lowest BCUT2D eigenvalue weighted by Gasteiger charge is -2.33. The van der Waals surface area contributed by atoms with Gasteiger partial charge >= 0.3 is 6.09 Å². The van der Waals surface area contributed by atoms with E-state index in [2.05, 4.69) is 38.7 Å². The van der Waals surface area contributed by atoms with Gasteiger partial charge in [0.1, 0.15) is 11.8 Å². The molecule has 3 heterocycles. The number of carboxylic acid groups (broad SMARTS) is 1. The van der Waals surface area contributed by atoms with Crippen molar-refractivity contribution in [3.8, 4) is 17.5 Å². The summed E-state index contributed by atoms with van der Waals surface area (Å²) < 4.78 is 1.62. The maximum atomic E-state index is 13.3. The molecule has 0 radical (unpaired) electrons. The number of pyridine rings is 1. The first-order valence-electron chi connectivity index (χ1n) is 12.1. The first-order valence-corrected chi connectivity index (χ1v) is 12.1. The Morgan fingerprint density at radius 3 is 2.58 bits per heavy atom. The van der Waals surface area contributed by atoms with Gasteiger partial charge in [0.15, 0.2) is 5.65 Å². The molecule has 2 fully saturated rings. The second kappa shape index (κ2) is 9.11. The van der Waals surface area contributed by atoms with Crippen molar-refractivity contribution in [1.29, 1.82) is 5.26 Å². The van der Waals surface area contributed by atoms with Crippen LogP contribution in [0.3, 0.4) is 0 Å². The molecular weight excluding hydrogens is 460 g/mol. The molecule has 0 atom stereocenters. The molecular formula is C25H28N8O3. The lowest BCUT2D eigenvalue weighted by Crippen LogP contribution is -2.44. The highest BCUT2D eigenvalue weighted by Crippen LogP contribution is 2.39. The van der Waals surface area contributed by atoms with Crippen LogP contribution in [-0.4, -0.2) is 66.3 Å². The maximum Gasteiger partial charge on any atom is 0.407 e. The van der Waals surface area contributed by atoms with Crippen LogP contribution in [0.4, 0.5) is 10.5 Å². The van der Waals surface area contributed by atoms with Crippen molar-refractivity contribution in [3.05, 3.63) is 41.9 Å². The van der Waals surface area contributed by atoms with Crippen molar-refractivity contribution >= 4 is 23.3 Å². The van der Waals surface area contributed by atoms with Gasteiger partial charge in [0.05, 0.1) is 34.9 Å². The van der Waals surface area contributed by atoms with E-state index in [1.807, 2.05) is 6.07 Å². The van der Waals surface area contributed by atoms with Crippen molar-refractivity contribution < 1.29 is 14.7 Å². The van der Waals surface area contributed by atoms with Gasteiger partial charge < -0.3 is 20.6 Å². The molecule has 0 aromatic carbocycles. The van der Waals surface area contributed by atoms with Crippen LogP contribution in [0.5, 0.6) is 0 Å². The molecule has 0 spiro atoms. The van der Waals surface area contributed by atoms with Crippen molar-refractivity contribution in [3.63, 3.8) is 0 Å². The lowest BCUT2D eigenvalue weighted by molar-refractivity contribution is 0.0902. The van der Waals surface area contributed by atoms with Gasteiger partial charge in [-0.1, -0.05) is 0 Å². The summed E-state index contributed by atoms with van der Waals surface area (Å²) >= 11 is 0. The fourth-order valence-corrected chi connectivity index (χ4v) is 4.66. The standard InChI is InChI=1S/C25H28N8O3/c1-25(7-8-25)31-19-10-20(21-14-28-22-9-15(11-26)12-29-33(21)22)27-13-18(19)23(34)30-16-3-5-17(6-4-16)32(2)24(35)36/h9-10,12-14,16-17H,3-8H2,1-2H3,(H,27,31)(H,30,34)(H,35,36). The van der Waals surface area contributed by atoms with E-state index in [1.165, 1.54) is 11.1 Å². The molecule has 0 saturated heterocycles. The van der Waals surface area contributed by atoms with Crippen LogP contribution in [-0.2, 0) is 0 Å². The van der Waals surface area contributed by atoms with Gasteiger partial charge in [-0.05, 0) is 51.5 Å². The zero-order chi connectivity index (χ0) is 25.4. The Morgan fingerprint density at radius 1 is 1.17 bits per heavy atom. The van der Waals surface area contributed by atoms with Gasteiger partial charge in [-0.25, -0.2) is 14.3 Å². The number of hydrogen-bond acceptors (Lipinski definition) is 7. The number of nitriles is 1. The minimum Gasteiger partial charge on any atom is -0.465 e. The van der Waals surface area contributed by atoms with E-state index in [0.29, 0.717) is 46.7 Å². The second-order valence-electron chi connectivity index (χ2n) is 9.94. The van der Waals surface area contributed by atoms with Crippen molar-refractivity contribution in [2.75, 3.05) is 12.4 Å². The normalized spacial score (nSPS) is 20.4. The quantitative estimate of drug-likeness (QED) is 0.479. The Labute approximate surface area is 208 Å². The van der Waals surface area contributed by atoms with E-state index in [9.17, 15) is 14.7 Å². The van der Waals surface area contributed by atoms with E-state index in [-0.39, 0.29) is 23.5 Å². The summed E-state index contributed by atoms with van der Waals surface area (Å²) in [6.45, 7) is 2.12. The van der Waals surface area contributed by atoms with Gasteiger partial charge in [0.2, 0.25) is 0 Å². The number of carbonyl (C=O) groups is 2. The molecule has 2 aliphatic carbocycles. The molecule has 0 aliphatic heterocycles. The molecule has 2 aliphatic rings. The van der Waals surface area contributed by atoms with Crippen molar-refractivity contribution in [1.82, 2.24) is 29.8 Å². The van der Waals surface area contributed by atoms with E-state index in [4.69, 9.17) is 5.26 Å². The Balaban J connectivity index is 1.37. The number of hydrogen-bond donors (Lipinski definition) is 3. The number of nitrogens with one attached hydrogen (secondary N) is 2. The topological polar surface area (TPSA) is 149 Å². The zero-order valence-corrected chi connectivity index (χ0v) is 20.2. The number of rotatable bonds is 6. The average Bonchev–Trinajstić information content (AvgIpc) is 3.45. The molecule has 3 N–H and O–H groups in total. The monoisotopic (exact) mass is 488 g/mol. The van der Waals surface area contributed by atoms with E-state index < -0.39 is 6.09 Å². The Hall–Kier alpha value is -4.20. The number of anilines is 1. The Morgan fingerprint density at radius 2 is 1.92 bits per heavy atom. The largest absolute Gasteiger partial charge is 0.465 e. The van der Waals surface area contributed by atoms with Crippen LogP contribution in [0, 0.1) is 11.3 Å². The minimum atomic E-state index is -0.926. The number of carbonyl (C=O) groups excluding carboxylic acids is 1. The molecule has 0 unspecified atom stereocenters. The summed E-state index contributed by atoms with van der Waals surface area (Å²) in [5.41, 5.74) is 3.33. The van der Waals surface area contributed by atoms with Crippen LogP contribution >= 0.6 is 0 Å². The van der Waals surface area contributed by atoms with E-state index in [0.717, 1.165) is 25.7 Å². The summed E-state index contributed by atoms with van der Waals surface area (Å²) in [7, 11) is 1.59. The summed E-state index contributed by atoms with van der Waals surface area (Å²) in [5.74, 6) is -0.203. The number of aromatic nitrogens is 4. The molecule has 3 aromatic rings. The fourth-order valence-electron chi connectivity index (χ4n) is 4.66. The minimum absolute atomic E-state index is 0.0164. The van der Waals surface area contributed by atoms with Crippen LogP contribution in [0.15, 0.2) is 30.7 Å². The molecule has 0 bridgehead atoms. The first kappa shape index (κ1) is 23.5. The van der Waals surface area contributed by atoms with Crippen molar-refractivity contribution in [2.24, 2.45) is 0 Å². The van der Waals surface area contributed by atoms with Gasteiger partial charge in [-0.3, -0.25) is 9.78 Å². The number of nitrogens with zero attached hydrogens (tertiary/aromatic N) is 6. The maximum absolute atomic E-state index is 13.3. The molecule has 36 heavy (non-hydrogen) atoms. The lowest BCUT2D eigenvalue weighted by atomic mass is 9.90. The third-order valence-electron chi connectivity index (χ3n) is 7.22. The second-order valence-corrected chi connectivity index (χ2v) is 9.94. The highest BCUT2D eigenvalue weighted by Gasteiger charge is 2.38. The van der Waals surface area contributed by atoms with Gasteiger partial charge in [-0.15, -0.1) is 0 Å². The summed E-state index contributed by atoms with van der Waals surface area (Å²) in [6, 6.07) is 5.53. The Kier molecular flexibility index (Phi) is 5.96. The predicted octanol–water partition coefficient (Wildman–Crippen LogP) is 3.28. The molecule has 186 valence electrons. The molecule has 2 amide bonds. The van der Waals surface area contributed by atoms with Gasteiger partial charge in [0.25, 0.3) is 5.91 Å². The van der Waals surface area contributed by atoms with E-state index in [1.54, 1.807) is 30.0 Å². The highest BCUT2D eigenvalue weighted by molar-refractivity contribution is 6.00. The SMILES string of the molecule is CN(C(=O)O)C1CCC(NC(=O)c2cnc(-c3cnc4cc(C#N)cnn34)cc2NC2(C)CC2)CC1. The van der Waals surface area contributed by atoms with Crippen LogP contribution in [0.1, 0.15) is 61.4 Å². The zero-order valence-electron chi connectivity index (χ0n) is 20.2. The van der Waals surface area contributed by atoms with Crippen LogP contribution in [0.25, 0.3) is 17.0 Å². The molecule has 11 nitrogen and oxygen atoms in total. The Bertz CT molecular complexity index is 1370. The number of amides is 2. The third-order valence-corrected chi connectivity index (χ3v) is 7.22. The molecule has 2 saturated carbocycles. The third kappa shape index (κ3) is 4.66. The van der Waals surface area contributed by atoms with Crippen LogP contribution in [0.2, 0.25) is 0 Å². The highest BCUT2D eigenvalue weighted by atomic mass is 16.4. The summed E-state index contributed by atoms with van der Waals surface area (Å²) in [5, 5.41) is 29.3. The van der Waals surface area contributed by atoms with Gasteiger partial charge in [0, 0.05) is 36.9 Å². The number of fused-ring (bicyclic) bond motifs is 1. The average molecular weight is 489 g/mol. The summed E-state index contributed by atoms with van der Waals surface area (Å²) in [6.07, 6.45) is 8.67. The fraction of sp³-hybridized carbons (Fsp3) is 0.440. The first-order chi connectivity index (χ1) is 17.3. The molecule has 5 rings (SSSR count). The number of imidazole rings is 1.